The van der Waals surface area contributed by atoms with E-state index in [0.29, 0.717) is 32.6 Å². The normalized spacial score (nSPS) is 15.8. The lowest BCUT2D eigenvalue weighted by Gasteiger charge is -2.20. The molecule has 1 N–H and O–H groups in total. The Morgan fingerprint density at radius 2 is 1.85 bits per heavy atom. The molecule has 1 aromatic rings. The van der Waals surface area contributed by atoms with Gasteiger partial charge in [-0.3, -0.25) is 9.59 Å². The Morgan fingerprint density at radius 1 is 1.20 bits per heavy atom. The fraction of sp³-hybridized carbons (Fsp3) is 0.500. The minimum Gasteiger partial charge on any atom is -0.475 e. The Morgan fingerprint density at radius 3 is 2.45 bits per heavy atom. The Hall–Kier alpha value is -2.38. The van der Waals surface area contributed by atoms with Gasteiger partial charge in [0.05, 0.1) is 0 Å². The van der Waals surface area contributed by atoms with E-state index >= 15 is 0 Å². The third-order valence-corrected chi connectivity index (χ3v) is 3.17. The van der Waals surface area contributed by atoms with Gasteiger partial charge in [0, 0.05) is 39.2 Å². The van der Waals surface area contributed by atoms with Gasteiger partial charge >= 0.3 is 5.97 Å². The summed E-state index contributed by atoms with van der Waals surface area (Å²) in [4.78, 5) is 37.4. The van der Waals surface area contributed by atoms with Gasteiger partial charge in [0.1, 0.15) is 0 Å². The first kappa shape index (κ1) is 14.0. The SMILES string of the molecule is CC(=O)N1CCCN(C(=O)c2cc(C(=O)O)on2)CC1. The molecule has 0 saturated carbocycles. The Bertz CT molecular complexity index is 539. The number of rotatable bonds is 2. The molecule has 1 aliphatic rings. The first-order valence-corrected chi connectivity index (χ1v) is 6.24. The van der Waals surface area contributed by atoms with E-state index in [9.17, 15) is 14.4 Å². The highest BCUT2D eigenvalue weighted by Gasteiger charge is 2.24. The second kappa shape index (κ2) is 5.72. The topological polar surface area (TPSA) is 104 Å². The number of nitrogens with zero attached hydrogens (tertiary/aromatic N) is 3. The molecule has 0 unspecified atom stereocenters. The molecule has 0 atom stereocenters. The van der Waals surface area contributed by atoms with Gasteiger partial charge in [-0.15, -0.1) is 0 Å². The molecule has 0 aromatic carbocycles. The van der Waals surface area contributed by atoms with Crippen LogP contribution in [0, 0.1) is 0 Å². The van der Waals surface area contributed by atoms with Crippen molar-refractivity contribution in [2.75, 3.05) is 26.2 Å². The van der Waals surface area contributed by atoms with Gasteiger partial charge in [-0.1, -0.05) is 5.16 Å². The van der Waals surface area contributed by atoms with Crippen molar-refractivity contribution in [1.29, 1.82) is 0 Å². The molecule has 2 rings (SSSR count). The molecule has 0 aliphatic carbocycles. The number of hydrogen-bond acceptors (Lipinski definition) is 5. The lowest BCUT2D eigenvalue weighted by Crippen LogP contribution is -2.36. The van der Waals surface area contributed by atoms with Crippen molar-refractivity contribution in [2.45, 2.75) is 13.3 Å². The summed E-state index contributed by atoms with van der Waals surface area (Å²) in [6, 6.07) is 1.11. The highest BCUT2D eigenvalue weighted by atomic mass is 16.5. The number of carboxylic acids is 1. The standard InChI is InChI=1S/C12H15N3O5/c1-8(16)14-3-2-4-15(6-5-14)11(17)9-7-10(12(18)19)20-13-9/h7H,2-6H2,1H3,(H,18,19). The molecule has 8 nitrogen and oxygen atoms in total. The van der Waals surface area contributed by atoms with Gasteiger partial charge < -0.3 is 19.4 Å². The van der Waals surface area contributed by atoms with Crippen molar-refractivity contribution in [2.24, 2.45) is 0 Å². The fourth-order valence-electron chi connectivity index (χ4n) is 2.07. The third kappa shape index (κ3) is 2.95. The van der Waals surface area contributed by atoms with Crippen LogP contribution in [-0.2, 0) is 4.79 Å². The molecule has 20 heavy (non-hydrogen) atoms. The van der Waals surface area contributed by atoms with Gasteiger partial charge in [-0.05, 0) is 6.42 Å². The summed E-state index contributed by atoms with van der Waals surface area (Å²) in [7, 11) is 0. The smallest absolute Gasteiger partial charge is 0.374 e. The maximum atomic E-state index is 12.2. The first-order valence-electron chi connectivity index (χ1n) is 6.24. The molecule has 0 radical (unpaired) electrons. The lowest BCUT2D eigenvalue weighted by atomic mass is 10.3. The number of aromatic carboxylic acids is 1. The van der Waals surface area contributed by atoms with E-state index in [0.717, 1.165) is 6.07 Å². The molecule has 1 saturated heterocycles. The minimum absolute atomic E-state index is 0.0195. The number of aromatic nitrogens is 1. The predicted octanol–water partition coefficient (Wildman–Crippen LogP) is 0.0672. The van der Waals surface area contributed by atoms with E-state index in [1.165, 1.54) is 6.92 Å². The van der Waals surface area contributed by atoms with E-state index in [1.54, 1.807) is 9.80 Å². The van der Waals surface area contributed by atoms with E-state index < -0.39 is 5.97 Å². The summed E-state index contributed by atoms with van der Waals surface area (Å²) in [6.45, 7) is 3.46. The van der Waals surface area contributed by atoms with E-state index in [-0.39, 0.29) is 23.3 Å². The summed E-state index contributed by atoms with van der Waals surface area (Å²) < 4.78 is 4.57. The maximum absolute atomic E-state index is 12.2. The second-order valence-corrected chi connectivity index (χ2v) is 4.53. The largest absolute Gasteiger partial charge is 0.475 e. The molecule has 2 amide bonds. The van der Waals surface area contributed by atoms with Crippen molar-refractivity contribution in [1.82, 2.24) is 15.0 Å². The highest BCUT2D eigenvalue weighted by Crippen LogP contribution is 2.10. The third-order valence-electron chi connectivity index (χ3n) is 3.17. The zero-order valence-corrected chi connectivity index (χ0v) is 11.0. The number of carbonyl (C=O) groups excluding carboxylic acids is 2. The number of carbonyl (C=O) groups is 3. The summed E-state index contributed by atoms with van der Waals surface area (Å²) in [5.41, 5.74) is -0.0290. The second-order valence-electron chi connectivity index (χ2n) is 4.53. The van der Waals surface area contributed by atoms with Crippen LogP contribution in [0.3, 0.4) is 0 Å². The molecule has 0 spiro atoms. The quantitative estimate of drug-likeness (QED) is 0.822. The number of amides is 2. The molecule has 2 heterocycles. The maximum Gasteiger partial charge on any atom is 0.374 e. The molecule has 1 aliphatic heterocycles. The van der Waals surface area contributed by atoms with E-state index in [2.05, 4.69) is 9.68 Å². The minimum atomic E-state index is -1.27. The molecular formula is C12H15N3O5. The number of hydrogen-bond donors (Lipinski definition) is 1. The van der Waals surface area contributed by atoms with Crippen LogP contribution in [0.5, 0.6) is 0 Å². The molecule has 1 aromatic heterocycles. The van der Waals surface area contributed by atoms with Crippen LogP contribution in [0.25, 0.3) is 0 Å². The zero-order chi connectivity index (χ0) is 14.7. The fourth-order valence-corrected chi connectivity index (χ4v) is 2.07. The van der Waals surface area contributed by atoms with Crippen LogP contribution in [-0.4, -0.2) is 64.0 Å². The molecule has 8 heteroatoms. The lowest BCUT2D eigenvalue weighted by molar-refractivity contribution is -0.128. The Labute approximate surface area is 114 Å². The van der Waals surface area contributed by atoms with Gasteiger partial charge in [-0.25, -0.2) is 4.79 Å². The van der Waals surface area contributed by atoms with Crippen molar-refractivity contribution in [3.8, 4) is 0 Å². The van der Waals surface area contributed by atoms with Crippen LogP contribution >= 0.6 is 0 Å². The van der Waals surface area contributed by atoms with E-state index in [1.807, 2.05) is 0 Å². The van der Waals surface area contributed by atoms with Crippen LogP contribution in [0.2, 0.25) is 0 Å². The highest BCUT2D eigenvalue weighted by molar-refractivity contribution is 5.94. The molecular weight excluding hydrogens is 266 g/mol. The molecule has 108 valence electrons. The monoisotopic (exact) mass is 281 g/mol. The van der Waals surface area contributed by atoms with Crippen LogP contribution < -0.4 is 0 Å². The first-order chi connectivity index (χ1) is 9.49. The van der Waals surface area contributed by atoms with Gasteiger partial charge in [-0.2, -0.15) is 0 Å². The zero-order valence-electron chi connectivity index (χ0n) is 11.0. The van der Waals surface area contributed by atoms with Gasteiger partial charge in [0.15, 0.2) is 5.69 Å². The van der Waals surface area contributed by atoms with Gasteiger partial charge in [0.2, 0.25) is 11.7 Å². The van der Waals surface area contributed by atoms with E-state index in [4.69, 9.17) is 5.11 Å². The van der Waals surface area contributed by atoms with Crippen LogP contribution in [0.4, 0.5) is 0 Å². The molecule has 1 fully saturated rings. The average molecular weight is 281 g/mol. The van der Waals surface area contributed by atoms with Crippen LogP contribution in [0.15, 0.2) is 10.6 Å². The molecule has 0 bridgehead atoms. The number of carboxylic acid groups (broad SMARTS) is 1. The van der Waals surface area contributed by atoms with Crippen molar-refractivity contribution < 1.29 is 24.0 Å². The van der Waals surface area contributed by atoms with Gasteiger partial charge in [0.25, 0.3) is 5.91 Å². The average Bonchev–Trinajstić information content (AvgIpc) is 2.76. The summed E-state index contributed by atoms with van der Waals surface area (Å²) >= 11 is 0. The summed E-state index contributed by atoms with van der Waals surface area (Å²) in [5, 5.41) is 12.2. The predicted molar refractivity (Wildman–Crippen MR) is 66.2 cm³/mol. The Balaban J connectivity index is 2.05. The van der Waals surface area contributed by atoms with Crippen molar-refractivity contribution >= 4 is 17.8 Å². The summed E-state index contributed by atoms with van der Waals surface area (Å²) in [6.07, 6.45) is 0.676. The summed E-state index contributed by atoms with van der Waals surface area (Å²) in [5.74, 6) is -2.04. The van der Waals surface area contributed by atoms with Crippen molar-refractivity contribution in [3.63, 3.8) is 0 Å². The Kier molecular flexibility index (Phi) is 4.02. The van der Waals surface area contributed by atoms with Crippen molar-refractivity contribution in [3.05, 3.63) is 17.5 Å². The van der Waals surface area contributed by atoms with Crippen LogP contribution in [0.1, 0.15) is 34.4 Å².